The molecule has 0 saturated carbocycles. The van der Waals surface area contributed by atoms with Crippen molar-refractivity contribution in [3.63, 3.8) is 0 Å². The number of aromatic amines is 1. The van der Waals surface area contributed by atoms with Crippen LogP contribution in [0.4, 0.5) is 0 Å². The van der Waals surface area contributed by atoms with Crippen LogP contribution in [0.1, 0.15) is 49.9 Å². The number of amides is 1. The van der Waals surface area contributed by atoms with E-state index < -0.39 is 0 Å². The Labute approximate surface area is 119 Å². The molecule has 1 amide bonds. The minimum atomic E-state index is 0.0943. The molecule has 108 valence electrons. The topological polar surface area (TPSA) is 61.9 Å². The van der Waals surface area contributed by atoms with Crippen LogP contribution in [0.25, 0.3) is 11.0 Å². The predicted octanol–water partition coefficient (Wildman–Crippen LogP) is 3.00. The second-order valence-corrected chi connectivity index (χ2v) is 5.03. The molecule has 0 saturated heterocycles. The van der Waals surface area contributed by atoms with Crippen molar-refractivity contribution in [3.8, 4) is 0 Å². The van der Waals surface area contributed by atoms with Gasteiger partial charge in [0, 0.05) is 18.7 Å². The molecule has 0 radical (unpaired) electrons. The van der Waals surface area contributed by atoms with Crippen molar-refractivity contribution in [2.24, 2.45) is 0 Å². The quantitative estimate of drug-likeness (QED) is 0.844. The van der Waals surface area contributed by atoms with Gasteiger partial charge in [0.25, 0.3) is 5.91 Å². The Hall–Kier alpha value is -1.91. The zero-order valence-corrected chi connectivity index (χ0v) is 12.2. The minimum Gasteiger partial charge on any atom is -0.339 e. The fraction of sp³-hybridized carbons (Fsp3) is 0.533. The van der Waals surface area contributed by atoms with Crippen LogP contribution in [-0.4, -0.2) is 39.3 Å². The Morgan fingerprint density at radius 2 is 1.75 bits per heavy atom. The first-order valence-corrected chi connectivity index (χ1v) is 7.36. The van der Waals surface area contributed by atoms with Crippen LogP contribution >= 0.6 is 0 Å². The predicted molar refractivity (Wildman–Crippen MR) is 79.6 cm³/mol. The Balaban J connectivity index is 2.15. The number of unbranched alkanes of at least 4 members (excludes halogenated alkanes) is 2. The van der Waals surface area contributed by atoms with Crippen LogP contribution in [-0.2, 0) is 0 Å². The van der Waals surface area contributed by atoms with Crippen LogP contribution in [0.2, 0.25) is 0 Å². The molecular formula is C15H22N4O. The van der Waals surface area contributed by atoms with E-state index in [1.165, 1.54) is 0 Å². The highest BCUT2D eigenvalue weighted by molar-refractivity contribution is 5.97. The summed E-state index contributed by atoms with van der Waals surface area (Å²) >= 11 is 0. The Bertz CT molecular complexity index is 556. The highest BCUT2D eigenvalue weighted by Crippen LogP contribution is 2.13. The van der Waals surface area contributed by atoms with Crippen molar-refractivity contribution in [2.75, 3.05) is 13.1 Å². The molecule has 0 fully saturated rings. The summed E-state index contributed by atoms with van der Waals surface area (Å²) in [4.78, 5) is 14.5. The minimum absolute atomic E-state index is 0.0943. The van der Waals surface area contributed by atoms with Gasteiger partial charge in [0.15, 0.2) is 0 Å². The first-order valence-electron chi connectivity index (χ1n) is 7.36. The van der Waals surface area contributed by atoms with Gasteiger partial charge in [0.2, 0.25) is 0 Å². The van der Waals surface area contributed by atoms with Gasteiger partial charge in [0.05, 0.1) is 0 Å². The van der Waals surface area contributed by atoms with E-state index in [0.717, 1.165) is 49.8 Å². The Morgan fingerprint density at radius 3 is 2.40 bits per heavy atom. The highest BCUT2D eigenvalue weighted by atomic mass is 16.2. The third-order valence-corrected chi connectivity index (χ3v) is 3.41. The van der Waals surface area contributed by atoms with Crippen LogP contribution < -0.4 is 0 Å². The molecule has 0 bridgehead atoms. The third kappa shape index (κ3) is 3.35. The summed E-state index contributed by atoms with van der Waals surface area (Å²) in [6.45, 7) is 5.94. The fourth-order valence-electron chi connectivity index (χ4n) is 2.17. The van der Waals surface area contributed by atoms with Crippen LogP contribution in [0, 0.1) is 0 Å². The van der Waals surface area contributed by atoms with Crippen LogP contribution in [0.3, 0.4) is 0 Å². The molecule has 1 N–H and O–H groups in total. The lowest BCUT2D eigenvalue weighted by Crippen LogP contribution is -2.32. The number of hydrogen-bond acceptors (Lipinski definition) is 3. The SMILES string of the molecule is CCCCN(CCCC)C(=O)c1ccc2n[nH]nc2c1. The van der Waals surface area contributed by atoms with Gasteiger partial charge in [-0.25, -0.2) is 0 Å². The maximum atomic E-state index is 12.6. The van der Waals surface area contributed by atoms with Gasteiger partial charge < -0.3 is 4.90 Å². The molecule has 0 aliphatic heterocycles. The average Bonchev–Trinajstić information content (AvgIpc) is 2.94. The van der Waals surface area contributed by atoms with Crippen molar-refractivity contribution < 1.29 is 4.79 Å². The number of aromatic nitrogens is 3. The zero-order chi connectivity index (χ0) is 14.4. The molecule has 5 heteroatoms. The van der Waals surface area contributed by atoms with E-state index in [-0.39, 0.29) is 5.91 Å². The van der Waals surface area contributed by atoms with Gasteiger partial charge in [-0.15, -0.1) is 0 Å². The molecule has 0 unspecified atom stereocenters. The van der Waals surface area contributed by atoms with Gasteiger partial charge in [-0.3, -0.25) is 4.79 Å². The second kappa shape index (κ2) is 7.03. The molecule has 20 heavy (non-hydrogen) atoms. The summed E-state index contributed by atoms with van der Waals surface area (Å²) in [5.41, 5.74) is 2.22. The molecule has 0 aliphatic rings. The monoisotopic (exact) mass is 274 g/mol. The largest absolute Gasteiger partial charge is 0.339 e. The Kier molecular flexibility index (Phi) is 5.09. The zero-order valence-electron chi connectivity index (χ0n) is 12.2. The number of rotatable bonds is 7. The standard InChI is InChI=1S/C15H22N4O/c1-3-5-9-19(10-6-4-2)15(20)12-7-8-13-14(11-12)17-18-16-13/h7-8,11H,3-6,9-10H2,1-2H3,(H,16,17,18). The summed E-state index contributed by atoms with van der Waals surface area (Å²) in [6.07, 6.45) is 4.28. The van der Waals surface area contributed by atoms with Gasteiger partial charge >= 0.3 is 0 Å². The molecule has 2 aromatic rings. The number of benzene rings is 1. The maximum absolute atomic E-state index is 12.6. The first kappa shape index (κ1) is 14.5. The van der Waals surface area contributed by atoms with Crippen LogP contribution in [0.15, 0.2) is 18.2 Å². The fourth-order valence-corrected chi connectivity index (χ4v) is 2.17. The number of carbonyl (C=O) groups excluding carboxylic acids is 1. The summed E-state index contributed by atoms with van der Waals surface area (Å²) in [5.74, 6) is 0.0943. The molecule has 5 nitrogen and oxygen atoms in total. The lowest BCUT2D eigenvalue weighted by Gasteiger charge is -2.22. The number of carbonyl (C=O) groups is 1. The van der Waals surface area contributed by atoms with E-state index in [0.29, 0.717) is 5.56 Å². The lowest BCUT2D eigenvalue weighted by atomic mass is 10.1. The molecule has 1 aromatic carbocycles. The summed E-state index contributed by atoms with van der Waals surface area (Å²) < 4.78 is 0. The lowest BCUT2D eigenvalue weighted by molar-refractivity contribution is 0.0751. The van der Waals surface area contributed by atoms with Crippen molar-refractivity contribution >= 4 is 16.9 Å². The number of H-pyrrole nitrogens is 1. The van der Waals surface area contributed by atoms with Gasteiger partial charge in [-0.1, -0.05) is 26.7 Å². The molecular weight excluding hydrogens is 252 g/mol. The second-order valence-electron chi connectivity index (χ2n) is 5.03. The van der Waals surface area contributed by atoms with E-state index >= 15 is 0 Å². The van der Waals surface area contributed by atoms with Crippen molar-refractivity contribution in [3.05, 3.63) is 23.8 Å². The molecule has 2 rings (SSSR count). The Morgan fingerprint density at radius 1 is 1.10 bits per heavy atom. The van der Waals surface area contributed by atoms with Crippen LogP contribution in [0.5, 0.6) is 0 Å². The first-order chi connectivity index (χ1) is 9.76. The van der Waals surface area contributed by atoms with Gasteiger partial charge in [-0.2, -0.15) is 15.4 Å². The highest BCUT2D eigenvalue weighted by Gasteiger charge is 2.15. The average molecular weight is 274 g/mol. The van der Waals surface area contributed by atoms with Crippen molar-refractivity contribution in [1.29, 1.82) is 0 Å². The summed E-state index contributed by atoms with van der Waals surface area (Å²) in [5, 5.41) is 10.6. The smallest absolute Gasteiger partial charge is 0.253 e. The van der Waals surface area contributed by atoms with E-state index in [2.05, 4.69) is 29.3 Å². The normalized spacial score (nSPS) is 10.9. The number of hydrogen-bond donors (Lipinski definition) is 1. The van der Waals surface area contributed by atoms with E-state index in [4.69, 9.17) is 0 Å². The summed E-state index contributed by atoms with van der Waals surface area (Å²) in [7, 11) is 0. The van der Waals surface area contributed by atoms with E-state index in [1.54, 1.807) is 0 Å². The summed E-state index contributed by atoms with van der Waals surface area (Å²) in [6, 6.07) is 5.48. The number of fused-ring (bicyclic) bond motifs is 1. The van der Waals surface area contributed by atoms with E-state index in [1.807, 2.05) is 23.1 Å². The van der Waals surface area contributed by atoms with E-state index in [9.17, 15) is 4.79 Å². The maximum Gasteiger partial charge on any atom is 0.253 e. The number of nitrogens with zero attached hydrogens (tertiary/aromatic N) is 3. The van der Waals surface area contributed by atoms with Gasteiger partial charge in [-0.05, 0) is 31.0 Å². The molecule has 0 atom stereocenters. The molecule has 0 spiro atoms. The van der Waals surface area contributed by atoms with Crippen molar-refractivity contribution in [2.45, 2.75) is 39.5 Å². The van der Waals surface area contributed by atoms with Crippen molar-refractivity contribution in [1.82, 2.24) is 20.3 Å². The molecule has 1 aromatic heterocycles. The molecule has 1 heterocycles. The number of nitrogens with one attached hydrogen (secondary N) is 1. The van der Waals surface area contributed by atoms with Gasteiger partial charge in [0.1, 0.15) is 11.0 Å². The third-order valence-electron chi connectivity index (χ3n) is 3.41. The molecule has 0 aliphatic carbocycles.